The molecule has 0 heterocycles. The number of rotatable bonds is 6. The van der Waals surface area contributed by atoms with Crippen molar-refractivity contribution in [3.63, 3.8) is 0 Å². The summed E-state index contributed by atoms with van der Waals surface area (Å²) in [6.07, 6.45) is -0.198. The van der Waals surface area contributed by atoms with E-state index >= 15 is 0 Å². The second-order valence-corrected chi connectivity index (χ2v) is 7.52. The molecule has 0 aliphatic rings. The average Bonchev–Trinajstić information content (AvgIpc) is 2.60. The summed E-state index contributed by atoms with van der Waals surface area (Å²) in [5.41, 5.74) is 1.81. The highest BCUT2D eigenvalue weighted by molar-refractivity contribution is 7.91. The van der Waals surface area contributed by atoms with Crippen LogP contribution in [-0.2, 0) is 14.6 Å². The van der Waals surface area contributed by atoms with E-state index in [1.165, 1.54) is 12.1 Å². The van der Waals surface area contributed by atoms with Crippen molar-refractivity contribution in [1.82, 2.24) is 0 Å². The zero-order valence-corrected chi connectivity index (χ0v) is 14.2. The van der Waals surface area contributed by atoms with Gasteiger partial charge in [0.15, 0.2) is 22.2 Å². The Balaban J connectivity index is 2.26. The van der Waals surface area contributed by atoms with E-state index < -0.39 is 15.9 Å². The van der Waals surface area contributed by atoms with E-state index in [1.807, 2.05) is 6.07 Å². The first-order valence-electron chi connectivity index (χ1n) is 7.36. The number of aryl methyl sites for hydroxylation is 1. The molecule has 0 saturated carbocycles. The molecule has 1 atom stereocenters. The molecule has 0 spiro atoms. The Hall–Kier alpha value is -2.65. The van der Waals surface area contributed by atoms with Crippen molar-refractivity contribution in [2.24, 2.45) is 0 Å². The number of ether oxygens (including phenoxy) is 1. The molecule has 2 rings (SSSR count). The molecule has 0 aromatic heterocycles. The summed E-state index contributed by atoms with van der Waals surface area (Å²) in [5, 5.41) is 8.87. The van der Waals surface area contributed by atoms with Gasteiger partial charge in [0, 0.05) is 0 Å². The minimum absolute atomic E-state index is 0.0182. The van der Waals surface area contributed by atoms with Gasteiger partial charge in [-0.25, -0.2) is 8.42 Å². The minimum atomic E-state index is -3.28. The van der Waals surface area contributed by atoms with E-state index in [1.54, 1.807) is 44.2 Å². The predicted octanol–water partition coefficient (Wildman–Crippen LogP) is 2.98. The van der Waals surface area contributed by atoms with Crippen LogP contribution >= 0.6 is 0 Å². The number of hydrogen-bond acceptors (Lipinski definition) is 5. The molecule has 0 radical (unpaired) electrons. The molecule has 24 heavy (non-hydrogen) atoms. The molecule has 124 valence electrons. The number of aldehydes is 1. The molecule has 0 fully saturated rings. The number of benzene rings is 2. The molecular formula is C18H17NO4S. The highest BCUT2D eigenvalue weighted by atomic mass is 32.2. The summed E-state index contributed by atoms with van der Waals surface area (Å²) in [4.78, 5) is 11.6. The first-order chi connectivity index (χ1) is 11.4. The third-order valence-corrected chi connectivity index (χ3v) is 5.38. The maximum atomic E-state index is 11.8. The Bertz CT molecular complexity index is 880. The Morgan fingerprint density at radius 1 is 1.21 bits per heavy atom. The summed E-state index contributed by atoms with van der Waals surface area (Å²) in [5.74, 6) is 0.515. The third kappa shape index (κ3) is 3.81. The van der Waals surface area contributed by atoms with Gasteiger partial charge < -0.3 is 4.74 Å². The Morgan fingerprint density at radius 2 is 1.88 bits per heavy atom. The van der Waals surface area contributed by atoms with Crippen LogP contribution in [0.25, 0.3) is 0 Å². The Kier molecular flexibility index (Phi) is 5.37. The summed E-state index contributed by atoms with van der Waals surface area (Å²) in [7, 11) is -3.28. The lowest BCUT2D eigenvalue weighted by atomic mass is 10.1. The van der Waals surface area contributed by atoms with Crippen molar-refractivity contribution in [2.75, 3.05) is 5.75 Å². The molecular weight excluding hydrogens is 326 g/mol. The van der Waals surface area contributed by atoms with Crippen LogP contribution in [0.1, 0.15) is 29.7 Å². The van der Waals surface area contributed by atoms with E-state index in [-0.39, 0.29) is 10.6 Å². The van der Waals surface area contributed by atoms with Crippen molar-refractivity contribution < 1.29 is 17.9 Å². The SMILES string of the molecule is CCS(=O)(=O)c1ccc(C(C=O)Oc2ccc(C#N)cc2C)cc1. The number of nitriles is 1. The van der Waals surface area contributed by atoms with Crippen molar-refractivity contribution in [3.05, 3.63) is 59.2 Å². The maximum absolute atomic E-state index is 11.8. The molecule has 0 amide bonds. The van der Waals surface area contributed by atoms with E-state index in [0.717, 1.165) is 5.56 Å². The highest BCUT2D eigenvalue weighted by Crippen LogP contribution is 2.25. The monoisotopic (exact) mass is 343 g/mol. The van der Waals surface area contributed by atoms with Gasteiger partial charge in [-0.1, -0.05) is 19.1 Å². The molecule has 0 saturated heterocycles. The fraction of sp³-hybridized carbons (Fsp3) is 0.222. The third-order valence-electron chi connectivity index (χ3n) is 3.63. The Labute approximate surface area is 141 Å². The van der Waals surface area contributed by atoms with Crippen molar-refractivity contribution in [1.29, 1.82) is 5.26 Å². The van der Waals surface area contributed by atoms with Gasteiger partial charge in [0.25, 0.3) is 0 Å². The normalized spacial score (nSPS) is 12.2. The second-order valence-electron chi connectivity index (χ2n) is 5.24. The van der Waals surface area contributed by atoms with Crippen LogP contribution in [0.2, 0.25) is 0 Å². The van der Waals surface area contributed by atoms with Crippen LogP contribution in [0.5, 0.6) is 5.75 Å². The van der Waals surface area contributed by atoms with Gasteiger partial charge in [0.05, 0.1) is 22.3 Å². The van der Waals surface area contributed by atoms with Crippen molar-refractivity contribution in [2.45, 2.75) is 24.8 Å². The quantitative estimate of drug-likeness (QED) is 0.753. The van der Waals surface area contributed by atoms with Crippen LogP contribution in [0, 0.1) is 18.3 Å². The second kappa shape index (κ2) is 7.28. The summed E-state index contributed by atoms with van der Waals surface area (Å²) in [6.45, 7) is 3.36. The van der Waals surface area contributed by atoms with E-state index in [9.17, 15) is 13.2 Å². The van der Waals surface area contributed by atoms with Gasteiger partial charge in [-0.3, -0.25) is 4.79 Å². The van der Waals surface area contributed by atoms with Gasteiger partial charge >= 0.3 is 0 Å². The fourth-order valence-electron chi connectivity index (χ4n) is 2.19. The molecule has 1 unspecified atom stereocenters. The topological polar surface area (TPSA) is 84.2 Å². The van der Waals surface area contributed by atoms with Gasteiger partial charge in [-0.2, -0.15) is 5.26 Å². The standard InChI is InChI=1S/C18H17NO4S/c1-3-24(21,22)16-7-5-15(6-8-16)18(12-20)23-17-9-4-14(11-19)10-13(17)2/h4-10,12,18H,3H2,1-2H3. The van der Waals surface area contributed by atoms with E-state index in [2.05, 4.69) is 0 Å². The van der Waals surface area contributed by atoms with Gasteiger partial charge in [-0.15, -0.1) is 0 Å². The lowest BCUT2D eigenvalue weighted by molar-refractivity contribution is -0.113. The molecule has 0 N–H and O–H groups in total. The predicted molar refractivity (Wildman–Crippen MR) is 89.5 cm³/mol. The number of carbonyl (C=O) groups excluding carboxylic acids is 1. The van der Waals surface area contributed by atoms with Gasteiger partial charge in [0.2, 0.25) is 0 Å². The van der Waals surface area contributed by atoms with Crippen LogP contribution < -0.4 is 4.74 Å². The smallest absolute Gasteiger partial charge is 0.179 e. The fourth-order valence-corrected chi connectivity index (χ4v) is 3.08. The number of hydrogen-bond donors (Lipinski definition) is 0. The first kappa shape index (κ1) is 17.7. The molecule has 6 heteroatoms. The minimum Gasteiger partial charge on any atom is -0.478 e. The lowest BCUT2D eigenvalue weighted by Gasteiger charge is -2.16. The molecule has 5 nitrogen and oxygen atoms in total. The van der Waals surface area contributed by atoms with E-state index in [0.29, 0.717) is 23.2 Å². The van der Waals surface area contributed by atoms with Gasteiger partial charge in [0.1, 0.15) is 5.75 Å². The van der Waals surface area contributed by atoms with Crippen LogP contribution in [0.3, 0.4) is 0 Å². The van der Waals surface area contributed by atoms with Crippen molar-refractivity contribution in [3.8, 4) is 11.8 Å². The zero-order chi connectivity index (χ0) is 17.7. The number of nitrogens with zero attached hydrogens (tertiary/aromatic N) is 1. The summed E-state index contributed by atoms with van der Waals surface area (Å²) < 4.78 is 29.3. The molecule has 0 bridgehead atoms. The lowest BCUT2D eigenvalue weighted by Crippen LogP contribution is -2.10. The number of sulfone groups is 1. The molecule has 0 aliphatic heterocycles. The molecule has 2 aromatic rings. The van der Waals surface area contributed by atoms with Crippen LogP contribution in [-0.4, -0.2) is 20.5 Å². The Morgan fingerprint density at radius 3 is 2.38 bits per heavy atom. The summed E-state index contributed by atoms with van der Waals surface area (Å²) in [6, 6.07) is 13.0. The molecule has 2 aromatic carbocycles. The largest absolute Gasteiger partial charge is 0.478 e. The number of carbonyl (C=O) groups is 1. The molecule has 0 aliphatic carbocycles. The van der Waals surface area contributed by atoms with Gasteiger partial charge in [-0.05, 0) is 48.4 Å². The van der Waals surface area contributed by atoms with Crippen LogP contribution in [0.15, 0.2) is 47.4 Å². The maximum Gasteiger partial charge on any atom is 0.179 e. The average molecular weight is 343 g/mol. The van der Waals surface area contributed by atoms with Crippen molar-refractivity contribution >= 4 is 16.1 Å². The highest BCUT2D eigenvalue weighted by Gasteiger charge is 2.16. The summed E-state index contributed by atoms with van der Waals surface area (Å²) >= 11 is 0. The first-order valence-corrected chi connectivity index (χ1v) is 9.02. The zero-order valence-electron chi connectivity index (χ0n) is 13.4. The van der Waals surface area contributed by atoms with E-state index in [4.69, 9.17) is 10.00 Å². The van der Waals surface area contributed by atoms with Crippen LogP contribution in [0.4, 0.5) is 0 Å².